The number of hydrogen-bond donors (Lipinski definition) is 2. The van der Waals surface area contributed by atoms with Crippen LogP contribution in [-0.4, -0.2) is 29.7 Å². The predicted molar refractivity (Wildman–Crippen MR) is 70.0 cm³/mol. The summed E-state index contributed by atoms with van der Waals surface area (Å²) in [4.78, 5) is 16.0. The number of carboxylic acid groups (broad SMARTS) is 1. The highest BCUT2D eigenvalue weighted by atomic mass is 32.1. The largest absolute Gasteiger partial charge is 0.477 e. The molecule has 5 heteroatoms. The molecule has 0 fully saturated rings. The number of nitrogens with one attached hydrogen (secondary N) is 1. The molecule has 0 aliphatic heterocycles. The smallest absolute Gasteiger partial charge is 0.347 e. The Labute approximate surface area is 106 Å². The Bertz CT molecular complexity index is 388. The molecule has 0 saturated carbocycles. The summed E-state index contributed by atoms with van der Waals surface area (Å²) < 4.78 is 0. The lowest BCUT2D eigenvalue weighted by Crippen LogP contribution is -2.14. The summed E-state index contributed by atoms with van der Waals surface area (Å²) in [5.41, 5.74) is 0.732. The Balaban J connectivity index is 2.99. The highest BCUT2D eigenvalue weighted by molar-refractivity contribution is 7.13. The van der Waals surface area contributed by atoms with E-state index in [1.165, 1.54) is 11.3 Å². The molecule has 17 heavy (non-hydrogen) atoms. The second-order valence-electron chi connectivity index (χ2n) is 4.69. The minimum absolute atomic E-state index is 0.254. The van der Waals surface area contributed by atoms with Crippen LogP contribution >= 0.6 is 11.3 Å². The van der Waals surface area contributed by atoms with E-state index in [1.807, 2.05) is 7.05 Å². The van der Waals surface area contributed by atoms with E-state index >= 15 is 0 Å². The van der Waals surface area contributed by atoms with Gasteiger partial charge in [-0.15, -0.1) is 11.3 Å². The average molecular weight is 256 g/mol. The van der Waals surface area contributed by atoms with E-state index < -0.39 is 5.97 Å². The number of thiazole rings is 1. The van der Waals surface area contributed by atoms with Crippen LogP contribution in [-0.2, 0) is 6.42 Å². The topological polar surface area (TPSA) is 62.2 Å². The van der Waals surface area contributed by atoms with Gasteiger partial charge in [0.15, 0.2) is 0 Å². The zero-order chi connectivity index (χ0) is 13.0. The van der Waals surface area contributed by atoms with Crippen LogP contribution in [0.15, 0.2) is 0 Å². The molecule has 0 aliphatic carbocycles. The molecular weight excluding hydrogens is 236 g/mol. The lowest BCUT2D eigenvalue weighted by molar-refractivity contribution is 0.0700. The molecule has 1 rings (SSSR count). The molecule has 0 amide bonds. The lowest BCUT2D eigenvalue weighted by atomic mass is 10.1. The molecule has 1 aromatic heterocycles. The highest BCUT2D eigenvalue weighted by Gasteiger charge is 2.20. The summed E-state index contributed by atoms with van der Waals surface area (Å²) in [6, 6.07) is 0. The first-order valence-corrected chi connectivity index (χ1v) is 6.64. The minimum atomic E-state index is -0.860. The van der Waals surface area contributed by atoms with Crippen molar-refractivity contribution in [2.75, 3.05) is 13.6 Å². The van der Waals surface area contributed by atoms with Gasteiger partial charge in [0.05, 0.1) is 10.7 Å². The molecule has 4 nitrogen and oxygen atoms in total. The van der Waals surface area contributed by atoms with Gasteiger partial charge in [-0.1, -0.05) is 20.8 Å². The Morgan fingerprint density at radius 1 is 1.47 bits per heavy atom. The molecule has 1 aromatic rings. The van der Waals surface area contributed by atoms with E-state index in [0.717, 1.165) is 23.7 Å². The van der Waals surface area contributed by atoms with Crippen LogP contribution in [0.2, 0.25) is 0 Å². The molecule has 0 bridgehead atoms. The number of rotatable bonds is 6. The lowest BCUT2D eigenvalue weighted by Gasteiger charge is -2.06. The highest BCUT2D eigenvalue weighted by Crippen LogP contribution is 2.26. The maximum atomic E-state index is 11.2. The van der Waals surface area contributed by atoms with Gasteiger partial charge in [0.1, 0.15) is 4.88 Å². The van der Waals surface area contributed by atoms with Crippen LogP contribution < -0.4 is 5.32 Å². The van der Waals surface area contributed by atoms with Gasteiger partial charge in [0.2, 0.25) is 0 Å². The first-order valence-electron chi connectivity index (χ1n) is 5.83. The maximum Gasteiger partial charge on any atom is 0.347 e. The number of carboxylic acids is 1. The molecule has 0 spiro atoms. The average Bonchev–Trinajstić information content (AvgIpc) is 2.61. The summed E-state index contributed by atoms with van der Waals surface area (Å²) >= 11 is 1.31. The predicted octanol–water partition coefficient (Wildman–Crippen LogP) is 2.36. The molecule has 0 radical (unpaired) electrons. The van der Waals surface area contributed by atoms with E-state index in [0.29, 0.717) is 10.8 Å². The van der Waals surface area contributed by atoms with E-state index in [1.54, 1.807) is 0 Å². The van der Waals surface area contributed by atoms with Gasteiger partial charge in [0.25, 0.3) is 0 Å². The van der Waals surface area contributed by atoms with Crippen molar-refractivity contribution >= 4 is 17.3 Å². The van der Waals surface area contributed by atoms with Crippen molar-refractivity contribution < 1.29 is 9.90 Å². The molecule has 1 unspecified atom stereocenters. The number of hydrogen-bond acceptors (Lipinski definition) is 4. The number of aromatic carboxylic acids is 1. The van der Waals surface area contributed by atoms with E-state index in [9.17, 15) is 4.79 Å². The van der Waals surface area contributed by atoms with Crippen LogP contribution in [0.25, 0.3) is 0 Å². The van der Waals surface area contributed by atoms with Gasteiger partial charge < -0.3 is 10.4 Å². The number of likely N-dealkylation sites (N-methyl/N-ethyl adjacent to an activating group) is 1. The molecule has 1 atom stereocenters. The fraction of sp³-hybridized carbons (Fsp3) is 0.667. The van der Waals surface area contributed by atoms with Crippen LogP contribution in [0.4, 0.5) is 0 Å². The third-order valence-corrected chi connectivity index (χ3v) is 3.76. The third kappa shape index (κ3) is 3.78. The molecule has 1 heterocycles. The van der Waals surface area contributed by atoms with Crippen LogP contribution in [0.1, 0.15) is 47.1 Å². The first-order chi connectivity index (χ1) is 7.95. The maximum absolute atomic E-state index is 11.2. The molecule has 96 valence electrons. The first kappa shape index (κ1) is 14.1. The monoisotopic (exact) mass is 256 g/mol. The summed E-state index contributed by atoms with van der Waals surface area (Å²) in [5, 5.41) is 13.2. The van der Waals surface area contributed by atoms with Crippen LogP contribution in [0, 0.1) is 5.92 Å². The molecular formula is C12H20N2O2S. The zero-order valence-corrected chi connectivity index (χ0v) is 11.6. The van der Waals surface area contributed by atoms with E-state index in [2.05, 4.69) is 31.1 Å². The second kappa shape index (κ2) is 6.12. The van der Waals surface area contributed by atoms with Crippen molar-refractivity contribution in [3.8, 4) is 0 Å². The normalized spacial score (nSPS) is 13.0. The summed E-state index contributed by atoms with van der Waals surface area (Å²) in [5.74, 6) is -0.187. The number of aromatic nitrogens is 1. The number of nitrogens with zero attached hydrogens (tertiary/aromatic N) is 1. The Hall–Kier alpha value is -0.940. The van der Waals surface area contributed by atoms with Crippen LogP contribution in [0.3, 0.4) is 0 Å². The van der Waals surface area contributed by atoms with Gasteiger partial charge in [-0.2, -0.15) is 0 Å². The zero-order valence-electron chi connectivity index (χ0n) is 10.8. The minimum Gasteiger partial charge on any atom is -0.477 e. The number of carbonyl (C=O) groups is 1. The molecule has 0 aromatic carbocycles. The van der Waals surface area contributed by atoms with Crippen LogP contribution in [0.5, 0.6) is 0 Å². The van der Waals surface area contributed by atoms with Gasteiger partial charge in [-0.05, 0) is 19.4 Å². The summed E-state index contributed by atoms with van der Waals surface area (Å²) in [6.45, 7) is 7.01. The Morgan fingerprint density at radius 2 is 2.12 bits per heavy atom. The molecule has 2 N–H and O–H groups in total. The fourth-order valence-corrected chi connectivity index (χ4v) is 2.65. The van der Waals surface area contributed by atoms with Crippen molar-refractivity contribution in [3.63, 3.8) is 0 Å². The Morgan fingerprint density at radius 3 is 2.59 bits per heavy atom. The van der Waals surface area contributed by atoms with Crippen molar-refractivity contribution in [1.82, 2.24) is 10.3 Å². The van der Waals surface area contributed by atoms with Gasteiger partial charge in [0, 0.05) is 12.5 Å². The van der Waals surface area contributed by atoms with Crippen molar-refractivity contribution in [2.24, 2.45) is 5.92 Å². The van der Waals surface area contributed by atoms with E-state index in [4.69, 9.17) is 5.11 Å². The van der Waals surface area contributed by atoms with Gasteiger partial charge in [-0.25, -0.2) is 9.78 Å². The quantitative estimate of drug-likeness (QED) is 0.820. The van der Waals surface area contributed by atoms with Crippen molar-refractivity contribution in [2.45, 2.75) is 33.1 Å². The second-order valence-corrected chi connectivity index (χ2v) is 5.72. The SMILES string of the molecule is CNCC(C)c1nc(CC(C)C)c(C(=O)O)s1. The molecule has 0 saturated heterocycles. The van der Waals surface area contributed by atoms with Crippen molar-refractivity contribution in [1.29, 1.82) is 0 Å². The molecule has 0 aliphatic rings. The van der Waals surface area contributed by atoms with Gasteiger partial charge in [-0.3, -0.25) is 0 Å². The van der Waals surface area contributed by atoms with Crippen molar-refractivity contribution in [3.05, 3.63) is 15.6 Å². The summed E-state index contributed by atoms with van der Waals surface area (Å²) in [7, 11) is 1.89. The standard InChI is InChI=1S/C12H20N2O2S/c1-7(2)5-9-10(12(15)16)17-11(14-9)8(3)6-13-4/h7-8,13H,5-6H2,1-4H3,(H,15,16). The fourth-order valence-electron chi connectivity index (χ4n) is 1.67. The third-order valence-electron chi connectivity index (χ3n) is 2.44. The Kier molecular flexibility index (Phi) is 5.08. The van der Waals surface area contributed by atoms with E-state index in [-0.39, 0.29) is 5.92 Å². The summed E-state index contributed by atoms with van der Waals surface area (Å²) in [6.07, 6.45) is 0.727. The van der Waals surface area contributed by atoms with Gasteiger partial charge >= 0.3 is 5.97 Å².